The molecule has 0 spiro atoms. The van der Waals surface area contributed by atoms with Gasteiger partial charge in [-0.25, -0.2) is 9.97 Å². The van der Waals surface area contributed by atoms with Crippen molar-refractivity contribution in [2.75, 3.05) is 5.32 Å². The van der Waals surface area contributed by atoms with Crippen LogP contribution in [0.25, 0.3) is 20.7 Å². The number of fused-ring (bicyclic) bond motifs is 1. The van der Waals surface area contributed by atoms with Gasteiger partial charge in [0.25, 0.3) is 0 Å². The van der Waals surface area contributed by atoms with E-state index in [0.29, 0.717) is 12.1 Å². The van der Waals surface area contributed by atoms with Gasteiger partial charge < -0.3 is 11.1 Å². The summed E-state index contributed by atoms with van der Waals surface area (Å²) in [5.41, 5.74) is 8.00. The highest BCUT2D eigenvalue weighted by Gasteiger charge is 2.15. The maximum atomic E-state index is 11.2. The Hall–Kier alpha value is -2.77. The smallest absolute Gasteiger partial charge is 0.248 e. The lowest BCUT2D eigenvalue weighted by molar-refractivity contribution is 0.100. The summed E-state index contributed by atoms with van der Waals surface area (Å²) >= 11 is 3.34. The van der Waals surface area contributed by atoms with Gasteiger partial charge in [-0.1, -0.05) is 18.2 Å². The highest BCUT2D eigenvalue weighted by atomic mass is 32.1. The van der Waals surface area contributed by atoms with E-state index in [4.69, 9.17) is 5.73 Å². The van der Waals surface area contributed by atoms with Gasteiger partial charge in [0, 0.05) is 27.9 Å². The molecule has 5 nitrogen and oxygen atoms in total. The third kappa shape index (κ3) is 3.18. The minimum absolute atomic E-state index is 0.420. The molecule has 0 saturated carbocycles. The molecule has 26 heavy (non-hydrogen) atoms. The first kappa shape index (κ1) is 16.7. The number of amides is 1. The summed E-state index contributed by atoms with van der Waals surface area (Å²) in [5, 5.41) is 8.69. The van der Waals surface area contributed by atoms with Crippen molar-refractivity contribution in [3.05, 3.63) is 64.1 Å². The maximum Gasteiger partial charge on any atom is 0.248 e. The average Bonchev–Trinajstić information content (AvgIpc) is 3.29. The topological polar surface area (TPSA) is 80.9 Å². The molecule has 4 rings (SSSR count). The van der Waals surface area contributed by atoms with Crippen molar-refractivity contribution in [1.29, 1.82) is 0 Å². The van der Waals surface area contributed by atoms with Crippen LogP contribution in [0.5, 0.6) is 0 Å². The summed E-state index contributed by atoms with van der Waals surface area (Å²) in [6.45, 7) is 2.50. The molecule has 0 saturated heterocycles. The Kier molecular flexibility index (Phi) is 4.40. The zero-order chi connectivity index (χ0) is 18.1. The van der Waals surface area contributed by atoms with Crippen LogP contribution in [-0.4, -0.2) is 15.9 Å². The molecule has 0 aliphatic rings. The van der Waals surface area contributed by atoms with Crippen LogP contribution in [0.2, 0.25) is 0 Å². The summed E-state index contributed by atoms with van der Waals surface area (Å²) in [6.07, 6.45) is 0. The lowest BCUT2D eigenvalue weighted by Gasteiger charge is -2.09. The predicted octanol–water partition coefficient (Wildman–Crippen LogP) is 4.44. The SMILES string of the molecule is Cc1nc(NCc2ccc(C(N)=O)cc2)c2c(-c3cccs3)csc2n1. The molecule has 0 radical (unpaired) electrons. The van der Waals surface area contributed by atoms with Crippen LogP contribution in [-0.2, 0) is 6.54 Å². The quantitative estimate of drug-likeness (QED) is 0.536. The first-order chi connectivity index (χ1) is 12.6. The van der Waals surface area contributed by atoms with Gasteiger partial charge in [-0.15, -0.1) is 22.7 Å². The van der Waals surface area contributed by atoms with E-state index in [-0.39, 0.29) is 0 Å². The van der Waals surface area contributed by atoms with E-state index in [0.717, 1.165) is 33.0 Å². The average molecular weight is 380 g/mol. The van der Waals surface area contributed by atoms with Crippen LogP contribution >= 0.6 is 22.7 Å². The molecule has 1 aromatic carbocycles. The van der Waals surface area contributed by atoms with E-state index in [9.17, 15) is 4.79 Å². The minimum Gasteiger partial charge on any atom is -0.366 e. The molecule has 0 atom stereocenters. The Morgan fingerprint density at radius 2 is 1.96 bits per heavy atom. The van der Waals surface area contributed by atoms with E-state index in [1.807, 2.05) is 25.1 Å². The number of nitrogens with one attached hydrogen (secondary N) is 1. The number of benzene rings is 1. The van der Waals surface area contributed by atoms with Gasteiger partial charge in [0.15, 0.2) is 0 Å². The Bertz CT molecular complexity index is 1070. The van der Waals surface area contributed by atoms with E-state index in [1.165, 1.54) is 4.88 Å². The first-order valence-corrected chi connectivity index (χ1v) is 9.80. The second-order valence-corrected chi connectivity index (χ2v) is 7.65. The van der Waals surface area contributed by atoms with Crippen molar-refractivity contribution in [3.8, 4) is 10.4 Å². The molecule has 7 heteroatoms. The van der Waals surface area contributed by atoms with Crippen LogP contribution in [0.15, 0.2) is 47.2 Å². The second-order valence-electron chi connectivity index (χ2n) is 5.84. The number of primary amides is 1. The number of hydrogen-bond donors (Lipinski definition) is 2. The molecule has 130 valence electrons. The number of aromatic nitrogens is 2. The van der Waals surface area contributed by atoms with Crippen LogP contribution in [0, 0.1) is 6.92 Å². The normalized spacial score (nSPS) is 11.0. The van der Waals surface area contributed by atoms with E-state index < -0.39 is 5.91 Å². The fourth-order valence-electron chi connectivity index (χ4n) is 2.76. The first-order valence-electron chi connectivity index (χ1n) is 8.04. The number of nitrogens with zero attached hydrogens (tertiary/aromatic N) is 2. The second kappa shape index (κ2) is 6.86. The molecular formula is C19H16N4OS2. The molecule has 0 fully saturated rings. The molecule has 3 N–H and O–H groups in total. The van der Waals surface area contributed by atoms with E-state index >= 15 is 0 Å². The van der Waals surface area contributed by atoms with Crippen molar-refractivity contribution < 1.29 is 4.79 Å². The van der Waals surface area contributed by atoms with Crippen molar-refractivity contribution in [2.24, 2.45) is 5.73 Å². The number of aryl methyl sites for hydroxylation is 1. The summed E-state index contributed by atoms with van der Waals surface area (Å²) in [6, 6.07) is 11.4. The van der Waals surface area contributed by atoms with E-state index in [2.05, 4.69) is 32.1 Å². The molecule has 3 aromatic heterocycles. The number of anilines is 1. The zero-order valence-electron chi connectivity index (χ0n) is 14.0. The lowest BCUT2D eigenvalue weighted by Crippen LogP contribution is -2.11. The molecule has 3 heterocycles. The van der Waals surface area contributed by atoms with Gasteiger partial charge in [0.1, 0.15) is 16.5 Å². The highest BCUT2D eigenvalue weighted by Crippen LogP contribution is 2.38. The summed E-state index contributed by atoms with van der Waals surface area (Å²) < 4.78 is 0. The molecule has 0 aliphatic carbocycles. The van der Waals surface area contributed by atoms with Gasteiger partial charge in [-0.2, -0.15) is 0 Å². The lowest BCUT2D eigenvalue weighted by atomic mass is 10.1. The van der Waals surface area contributed by atoms with Crippen molar-refractivity contribution in [3.63, 3.8) is 0 Å². The fourth-order valence-corrected chi connectivity index (χ4v) is 4.57. The highest BCUT2D eigenvalue weighted by molar-refractivity contribution is 7.18. The third-order valence-corrected chi connectivity index (χ3v) is 5.81. The van der Waals surface area contributed by atoms with Crippen molar-refractivity contribution >= 4 is 44.6 Å². The monoisotopic (exact) mass is 380 g/mol. The van der Waals surface area contributed by atoms with Gasteiger partial charge in [0.05, 0.1) is 5.39 Å². The Balaban J connectivity index is 1.67. The predicted molar refractivity (Wildman–Crippen MR) is 108 cm³/mol. The zero-order valence-corrected chi connectivity index (χ0v) is 15.7. The summed E-state index contributed by atoms with van der Waals surface area (Å²) in [5.74, 6) is 1.15. The Morgan fingerprint density at radius 1 is 1.15 bits per heavy atom. The molecule has 0 bridgehead atoms. The van der Waals surface area contributed by atoms with E-state index in [1.54, 1.807) is 34.8 Å². The van der Waals surface area contributed by atoms with Crippen LogP contribution in [0.3, 0.4) is 0 Å². The van der Waals surface area contributed by atoms with Gasteiger partial charge in [-0.3, -0.25) is 4.79 Å². The van der Waals surface area contributed by atoms with Gasteiger partial charge in [-0.05, 0) is 36.1 Å². The standard InChI is InChI=1S/C19H16N4OS2/c1-11-22-18(21-9-12-4-6-13(7-5-12)17(20)24)16-14(10-26-19(16)23-11)15-3-2-8-25-15/h2-8,10H,9H2,1H3,(H2,20,24)(H,21,22,23). The van der Waals surface area contributed by atoms with Crippen molar-refractivity contribution in [2.45, 2.75) is 13.5 Å². The van der Waals surface area contributed by atoms with Gasteiger partial charge in [0.2, 0.25) is 5.91 Å². The number of carbonyl (C=O) groups is 1. The number of nitrogens with two attached hydrogens (primary N) is 1. The summed E-state index contributed by atoms with van der Waals surface area (Å²) in [4.78, 5) is 22.6. The third-order valence-electron chi connectivity index (χ3n) is 4.03. The number of hydrogen-bond acceptors (Lipinski definition) is 6. The number of rotatable bonds is 5. The van der Waals surface area contributed by atoms with Gasteiger partial charge >= 0.3 is 0 Å². The molecule has 4 aromatic rings. The Morgan fingerprint density at radius 3 is 2.65 bits per heavy atom. The molecule has 1 amide bonds. The number of thiophene rings is 2. The largest absolute Gasteiger partial charge is 0.366 e. The molecule has 0 unspecified atom stereocenters. The minimum atomic E-state index is -0.420. The van der Waals surface area contributed by atoms with Crippen LogP contribution < -0.4 is 11.1 Å². The summed E-state index contributed by atoms with van der Waals surface area (Å²) in [7, 11) is 0. The molecule has 0 aliphatic heterocycles. The fraction of sp³-hybridized carbons (Fsp3) is 0.105. The van der Waals surface area contributed by atoms with Crippen LogP contribution in [0.4, 0.5) is 5.82 Å². The Labute approximate surface area is 158 Å². The van der Waals surface area contributed by atoms with Crippen molar-refractivity contribution in [1.82, 2.24) is 9.97 Å². The maximum absolute atomic E-state index is 11.2. The molecular weight excluding hydrogens is 364 g/mol. The van der Waals surface area contributed by atoms with Crippen LogP contribution in [0.1, 0.15) is 21.7 Å². The number of carbonyl (C=O) groups excluding carboxylic acids is 1.